The van der Waals surface area contributed by atoms with E-state index in [0.29, 0.717) is 31.5 Å². The molecule has 1 aromatic carbocycles. The van der Waals surface area contributed by atoms with Gasteiger partial charge in [0.05, 0.1) is 0 Å². The Balaban J connectivity index is 1.62. The number of likely N-dealkylation sites (tertiary alicyclic amines) is 1. The lowest BCUT2D eigenvalue weighted by Gasteiger charge is -2.31. The maximum absolute atomic E-state index is 12.5. The number of benzene rings is 1. The fourth-order valence-electron chi connectivity index (χ4n) is 2.83. The minimum atomic E-state index is -0.357. The first-order valence-corrected chi connectivity index (χ1v) is 7.73. The summed E-state index contributed by atoms with van der Waals surface area (Å²) in [5.41, 5.74) is 0.405. The highest BCUT2D eigenvalue weighted by molar-refractivity contribution is 5.98. The second-order valence-electron chi connectivity index (χ2n) is 5.78. The Morgan fingerprint density at radius 3 is 2.33 bits per heavy atom. The zero-order valence-corrected chi connectivity index (χ0v) is 12.9. The van der Waals surface area contributed by atoms with Crippen LogP contribution in [0.4, 0.5) is 0 Å². The zero-order chi connectivity index (χ0) is 17.1. The molecule has 0 unspecified atom stereocenters. The van der Waals surface area contributed by atoms with E-state index in [4.69, 9.17) is 0 Å². The van der Waals surface area contributed by atoms with Gasteiger partial charge >= 0.3 is 0 Å². The van der Waals surface area contributed by atoms with Crippen molar-refractivity contribution in [2.75, 3.05) is 13.1 Å². The van der Waals surface area contributed by atoms with Crippen molar-refractivity contribution in [3.63, 3.8) is 0 Å². The summed E-state index contributed by atoms with van der Waals surface area (Å²) in [4.78, 5) is 37.4. The van der Waals surface area contributed by atoms with E-state index >= 15 is 0 Å². The molecule has 3 rings (SSSR count). The molecule has 2 aromatic rings. The molecule has 2 heterocycles. The second kappa shape index (κ2) is 6.66. The van der Waals surface area contributed by atoms with Crippen LogP contribution in [-0.4, -0.2) is 45.0 Å². The SMILES string of the molecule is O=C(c1ccc(O)cc1)C1CCN(C(=O)c2ccc(=O)[nH]n2)CC1. The molecule has 0 atom stereocenters. The Morgan fingerprint density at radius 2 is 1.75 bits per heavy atom. The number of rotatable bonds is 3. The van der Waals surface area contributed by atoms with E-state index < -0.39 is 0 Å². The Kier molecular flexibility index (Phi) is 4.41. The number of piperidine rings is 1. The van der Waals surface area contributed by atoms with E-state index in [1.54, 1.807) is 17.0 Å². The van der Waals surface area contributed by atoms with Crippen molar-refractivity contribution in [1.82, 2.24) is 15.1 Å². The third-order valence-corrected chi connectivity index (χ3v) is 4.20. The number of aromatic amines is 1. The van der Waals surface area contributed by atoms with E-state index in [9.17, 15) is 19.5 Å². The van der Waals surface area contributed by atoms with Crippen LogP contribution in [0.1, 0.15) is 33.7 Å². The number of aromatic nitrogens is 2. The summed E-state index contributed by atoms with van der Waals surface area (Å²) >= 11 is 0. The number of phenolic OH excluding ortho intramolecular Hbond substituents is 1. The minimum absolute atomic E-state index is 0.0317. The molecule has 0 radical (unpaired) electrons. The number of nitrogens with one attached hydrogen (secondary N) is 1. The van der Waals surface area contributed by atoms with E-state index in [-0.39, 0.29) is 34.6 Å². The van der Waals surface area contributed by atoms with Crippen molar-refractivity contribution in [1.29, 1.82) is 0 Å². The maximum atomic E-state index is 12.5. The van der Waals surface area contributed by atoms with Gasteiger partial charge in [-0.3, -0.25) is 14.4 Å². The lowest BCUT2D eigenvalue weighted by molar-refractivity contribution is 0.0644. The topological polar surface area (TPSA) is 103 Å². The van der Waals surface area contributed by atoms with E-state index in [1.165, 1.54) is 24.3 Å². The van der Waals surface area contributed by atoms with Crippen LogP contribution in [0.2, 0.25) is 0 Å². The molecule has 1 fully saturated rings. The maximum Gasteiger partial charge on any atom is 0.274 e. The number of aromatic hydroxyl groups is 1. The van der Waals surface area contributed by atoms with Gasteiger partial charge in [0.15, 0.2) is 5.78 Å². The molecular formula is C17H17N3O4. The van der Waals surface area contributed by atoms with Gasteiger partial charge in [0.25, 0.3) is 11.5 Å². The van der Waals surface area contributed by atoms with Crippen molar-refractivity contribution in [3.05, 3.63) is 58.0 Å². The molecule has 1 amide bonds. The van der Waals surface area contributed by atoms with Gasteiger partial charge in [0.1, 0.15) is 11.4 Å². The van der Waals surface area contributed by atoms with Gasteiger partial charge in [0.2, 0.25) is 0 Å². The number of amides is 1. The molecule has 7 nitrogen and oxygen atoms in total. The highest BCUT2D eigenvalue weighted by Crippen LogP contribution is 2.23. The number of H-pyrrole nitrogens is 1. The lowest BCUT2D eigenvalue weighted by Crippen LogP contribution is -2.40. The molecule has 1 aromatic heterocycles. The monoisotopic (exact) mass is 327 g/mol. The number of nitrogens with zero attached hydrogens (tertiary/aromatic N) is 2. The molecule has 0 spiro atoms. The first kappa shape index (κ1) is 15.9. The number of phenols is 1. The summed E-state index contributed by atoms with van der Waals surface area (Å²) in [6.07, 6.45) is 1.16. The van der Waals surface area contributed by atoms with Gasteiger partial charge in [-0.25, -0.2) is 5.10 Å². The van der Waals surface area contributed by atoms with Crippen LogP contribution >= 0.6 is 0 Å². The van der Waals surface area contributed by atoms with E-state index in [1.807, 2.05) is 0 Å². The van der Waals surface area contributed by atoms with Crippen molar-refractivity contribution < 1.29 is 14.7 Å². The van der Waals surface area contributed by atoms with Crippen LogP contribution in [0, 0.1) is 5.92 Å². The summed E-state index contributed by atoms with van der Waals surface area (Å²) in [7, 11) is 0. The number of hydrogen-bond donors (Lipinski definition) is 2. The van der Waals surface area contributed by atoms with Crippen molar-refractivity contribution in [2.45, 2.75) is 12.8 Å². The summed E-state index contributed by atoms with van der Waals surface area (Å²) in [5, 5.41) is 15.3. The summed E-state index contributed by atoms with van der Waals surface area (Å²) in [6.45, 7) is 0.933. The molecule has 0 bridgehead atoms. The highest BCUT2D eigenvalue weighted by atomic mass is 16.3. The summed E-state index contributed by atoms with van der Waals surface area (Å²) in [5.74, 6) is -0.228. The van der Waals surface area contributed by atoms with Gasteiger partial charge in [-0.05, 0) is 43.2 Å². The number of carbonyl (C=O) groups excluding carboxylic acids is 2. The lowest BCUT2D eigenvalue weighted by atomic mass is 9.89. The summed E-state index contributed by atoms with van der Waals surface area (Å²) < 4.78 is 0. The van der Waals surface area contributed by atoms with Gasteiger partial charge in [-0.2, -0.15) is 5.10 Å². The van der Waals surface area contributed by atoms with Crippen molar-refractivity contribution in [2.24, 2.45) is 5.92 Å². The van der Waals surface area contributed by atoms with E-state index in [0.717, 1.165) is 0 Å². The van der Waals surface area contributed by atoms with Gasteiger partial charge in [0, 0.05) is 30.6 Å². The fourth-order valence-corrected chi connectivity index (χ4v) is 2.83. The number of ketones is 1. The van der Waals surface area contributed by atoms with Crippen LogP contribution in [0.3, 0.4) is 0 Å². The average Bonchev–Trinajstić information content (AvgIpc) is 2.62. The molecule has 2 N–H and O–H groups in total. The van der Waals surface area contributed by atoms with Gasteiger partial charge < -0.3 is 10.0 Å². The zero-order valence-electron chi connectivity index (χ0n) is 12.9. The van der Waals surface area contributed by atoms with Crippen LogP contribution in [0.15, 0.2) is 41.2 Å². The normalized spacial score (nSPS) is 15.2. The van der Waals surface area contributed by atoms with E-state index in [2.05, 4.69) is 10.2 Å². The van der Waals surface area contributed by atoms with Crippen molar-refractivity contribution >= 4 is 11.7 Å². The largest absolute Gasteiger partial charge is 0.508 e. The molecule has 1 saturated heterocycles. The fraction of sp³-hybridized carbons (Fsp3) is 0.294. The minimum Gasteiger partial charge on any atom is -0.508 e. The molecule has 24 heavy (non-hydrogen) atoms. The average molecular weight is 327 g/mol. The molecular weight excluding hydrogens is 310 g/mol. The van der Waals surface area contributed by atoms with Crippen LogP contribution < -0.4 is 5.56 Å². The first-order chi connectivity index (χ1) is 11.5. The molecule has 0 aliphatic carbocycles. The third kappa shape index (κ3) is 3.34. The quantitative estimate of drug-likeness (QED) is 0.825. The van der Waals surface area contributed by atoms with Crippen LogP contribution in [0.5, 0.6) is 5.75 Å². The number of hydrogen-bond acceptors (Lipinski definition) is 5. The Morgan fingerprint density at radius 1 is 1.08 bits per heavy atom. The third-order valence-electron chi connectivity index (χ3n) is 4.20. The predicted molar refractivity (Wildman–Crippen MR) is 85.9 cm³/mol. The molecule has 7 heteroatoms. The molecule has 1 aliphatic heterocycles. The van der Waals surface area contributed by atoms with Gasteiger partial charge in [-0.15, -0.1) is 0 Å². The molecule has 1 aliphatic rings. The molecule has 0 saturated carbocycles. The summed E-state index contributed by atoms with van der Waals surface area (Å²) in [6, 6.07) is 8.87. The van der Waals surface area contributed by atoms with Gasteiger partial charge in [-0.1, -0.05) is 0 Å². The standard InChI is InChI=1S/C17H17N3O4/c21-13-3-1-11(2-4-13)16(23)12-7-9-20(10-8-12)17(24)14-5-6-15(22)19-18-14/h1-6,12,21H,7-10H2,(H,19,22). The predicted octanol–water partition coefficient (Wildman–Crippen LogP) is 1.21. The highest BCUT2D eigenvalue weighted by Gasteiger charge is 2.28. The van der Waals surface area contributed by atoms with Crippen LogP contribution in [0.25, 0.3) is 0 Å². The van der Waals surface area contributed by atoms with Crippen molar-refractivity contribution in [3.8, 4) is 5.75 Å². The first-order valence-electron chi connectivity index (χ1n) is 7.73. The Bertz CT molecular complexity index is 785. The Labute approximate surface area is 137 Å². The Hall–Kier alpha value is -2.96. The smallest absolute Gasteiger partial charge is 0.274 e. The number of carbonyl (C=O) groups is 2. The molecule has 124 valence electrons. The number of Topliss-reactive ketones (excluding diaryl/α,β-unsaturated/α-hetero) is 1. The van der Waals surface area contributed by atoms with Crippen LogP contribution in [-0.2, 0) is 0 Å². The second-order valence-corrected chi connectivity index (χ2v) is 5.78.